The van der Waals surface area contributed by atoms with Gasteiger partial charge in [-0.15, -0.1) is 0 Å². The summed E-state index contributed by atoms with van der Waals surface area (Å²) in [6, 6.07) is 0. The average Bonchev–Trinajstić information content (AvgIpc) is 2.28. The molecule has 0 N–H and O–H groups in total. The van der Waals surface area contributed by atoms with Crippen molar-refractivity contribution in [1.29, 1.82) is 0 Å². The van der Waals surface area contributed by atoms with Crippen LogP contribution in [0.4, 0.5) is 0 Å². The number of nitrogens with zero attached hydrogens (tertiary/aromatic N) is 1. The van der Waals surface area contributed by atoms with Gasteiger partial charge in [0.25, 0.3) is 0 Å². The van der Waals surface area contributed by atoms with Crippen molar-refractivity contribution in [2.24, 2.45) is 0 Å². The predicted molar refractivity (Wildman–Crippen MR) is 49.3 cm³/mol. The number of allylic oxidation sites excluding steroid dienone is 2. The molecular weight excluding hydrogens is 134 g/mol. The first-order chi connectivity index (χ1) is 5.36. The maximum Gasteiger partial charge on any atom is 0.0420 e. The highest BCUT2D eigenvalue weighted by Crippen LogP contribution is 2.07. The quantitative estimate of drug-likeness (QED) is 0.582. The number of hydrogen-bond acceptors (Lipinski definition) is 1. The molecule has 0 unspecified atom stereocenters. The van der Waals surface area contributed by atoms with Crippen molar-refractivity contribution < 1.29 is 0 Å². The molecule has 0 spiro atoms. The average molecular weight is 149 g/mol. The Morgan fingerprint density at radius 2 is 2.55 bits per heavy atom. The summed E-state index contributed by atoms with van der Waals surface area (Å²) in [7, 11) is 0. The summed E-state index contributed by atoms with van der Waals surface area (Å²) in [6.07, 6.45) is 9.54. The highest BCUT2D eigenvalue weighted by Gasteiger charge is 2.00. The van der Waals surface area contributed by atoms with E-state index in [4.69, 9.17) is 0 Å². The molecule has 0 radical (unpaired) electrons. The van der Waals surface area contributed by atoms with E-state index in [9.17, 15) is 0 Å². The highest BCUT2D eigenvalue weighted by molar-refractivity contribution is 5.21. The topological polar surface area (TPSA) is 3.24 Å². The van der Waals surface area contributed by atoms with Gasteiger partial charge >= 0.3 is 0 Å². The van der Waals surface area contributed by atoms with Crippen LogP contribution in [0.15, 0.2) is 36.6 Å². The van der Waals surface area contributed by atoms with E-state index in [0.717, 1.165) is 19.5 Å². The first-order valence-corrected chi connectivity index (χ1v) is 4.09. The first-order valence-electron chi connectivity index (χ1n) is 4.09. The third-order valence-corrected chi connectivity index (χ3v) is 1.89. The van der Waals surface area contributed by atoms with Crippen LogP contribution in [0.25, 0.3) is 0 Å². The number of rotatable bonds is 2. The van der Waals surface area contributed by atoms with E-state index in [-0.39, 0.29) is 0 Å². The summed E-state index contributed by atoms with van der Waals surface area (Å²) in [5.74, 6) is 0. The Morgan fingerprint density at radius 1 is 1.73 bits per heavy atom. The zero-order valence-electron chi connectivity index (χ0n) is 7.09. The van der Waals surface area contributed by atoms with Gasteiger partial charge in [-0.05, 0) is 25.1 Å². The number of hydrogen-bond donors (Lipinski definition) is 0. The van der Waals surface area contributed by atoms with Gasteiger partial charge in [0.2, 0.25) is 0 Å². The Hall–Kier alpha value is -0.980. The fraction of sp³-hybridized carbons (Fsp3) is 0.400. The van der Waals surface area contributed by atoms with Crippen LogP contribution in [0.3, 0.4) is 0 Å². The van der Waals surface area contributed by atoms with Crippen molar-refractivity contribution in [2.75, 3.05) is 13.1 Å². The maximum atomic E-state index is 3.77. The van der Waals surface area contributed by atoms with E-state index in [1.54, 1.807) is 0 Å². The van der Waals surface area contributed by atoms with Crippen LogP contribution in [0.5, 0.6) is 0 Å². The van der Waals surface area contributed by atoms with E-state index in [0.29, 0.717) is 0 Å². The molecule has 1 aliphatic rings. The van der Waals surface area contributed by atoms with Crippen LogP contribution < -0.4 is 0 Å². The molecule has 0 aromatic carbocycles. The molecule has 11 heavy (non-hydrogen) atoms. The van der Waals surface area contributed by atoms with Crippen LogP contribution in [0.1, 0.15) is 13.3 Å². The molecule has 60 valence electrons. The van der Waals surface area contributed by atoms with E-state index in [1.165, 1.54) is 5.57 Å². The first kappa shape index (κ1) is 8.12. The fourth-order valence-electron chi connectivity index (χ4n) is 1.15. The van der Waals surface area contributed by atoms with Gasteiger partial charge in [0.1, 0.15) is 0 Å². The van der Waals surface area contributed by atoms with Crippen molar-refractivity contribution in [3.63, 3.8) is 0 Å². The van der Waals surface area contributed by atoms with Crippen LogP contribution in [0.2, 0.25) is 0 Å². The van der Waals surface area contributed by atoms with Crippen molar-refractivity contribution in [3.8, 4) is 0 Å². The van der Waals surface area contributed by atoms with Gasteiger partial charge in [-0.3, -0.25) is 0 Å². The third kappa shape index (κ3) is 2.26. The molecule has 0 aromatic rings. The highest BCUT2D eigenvalue weighted by atomic mass is 15.1. The van der Waals surface area contributed by atoms with Crippen molar-refractivity contribution in [2.45, 2.75) is 13.3 Å². The minimum absolute atomic E-state index is 1.01. The van der Waals surface area contributed by atoms with Gasteiger partial charge in [-0.2, -0.15) is 0 Å². The Morgan fingerprint density at radius 3 is 3.18 bits per heavy atom. The molecule has 1 aliphatic heterocycles. The monoisotopic (exact) mass is 149 g/mol. The van der Waals surface area contributed by atoms with Gasteiger partial charge in [0.05, 0.1) is 0 Å². The summed E-state index contributed by atoms with van der Waals surface area (Å²) < 4.78 is 0. The van der Waals surface area contributed by atoms with E-state index in [2.05, 4.69) is 36.8 Å². The molecule has 1 nitrogen and oxygen atoms in total. The lowest BCUT2D eigenvalue weighted by Gasteiger charge is -2.16. The van der Waals surface area contributed by atoms with Crippen LogP contribution in [-0.2, 0) is 0 Å². The maximum absolute atomic E-state index is 3.77. The summed E-state index contributed by atoms with van der Waals surface area (Å²) in [5.41, 5.74) is 1.33. The Balaban J connectivity index is 2.61. The van der Waals surface area contributed by atoms with Crippen molar-refractivity contribution in [1.82, 2.24) is 4.90 Å². The molecule has 1 heteroatoms. The zero-order valence-corrected chi connectivity index (χ0v) is 7.09. The van der Waals surface area contributed by atoms with E-state index >= 15 is 0 Å². The van der Waals surface area contributed by atoms with E-state index < -0.39 is 0 Å². The third-order valence-electron chi connectivity index (χ3n) is 1.89. The lowest BCUT2D eigenvalue weighted by atomic mass is 10.2. The molecule has 0 aliphatic carbocycles. The molecule has 1 rings (SSSR count). The molecule has 0 saturated carbocycles. The van der Waals surface area contributed by atoms with E-state index in [1.807, 2.05) is 6.08 Å². The smallest absolute Gasteiger partial charge is 0.0420 e. The molecule has 0 saturated heterocycles. The second kappa shape index (κ2) is 4.02. The SMILES string of the molecule is C=CC1=CCC=CN(CC)C1. The molecular formula is C10H15N. The number of likely N-dealkylation sites (N-methyl/N-ethyl adjacent to an activating group) is 1. The lowest BCUT2D eigenvalue weighted by Crippen LogP contribution is -2.17. The predicted octanol–water partition coefficient (Wildman–Crippen LogP) is 2.34. The Kier molecular flexibility index (Phi) is 2.96. The lowest BCUT2D eigenvalue weighted by molar-refractivity contribution is 0.434. The fourth-order valence-corrected chi connectivity index (χ4v) is 1.15. The normalized spacial score (nSPS) is 17.5. The zero-order chi connectivity index (χ0) is 8.10. The molecule has 0 fully saturated rings. The van der Waals surface area contributed by atoms with Crippen molar-refractivity contribution >= 4 is 0 Å². The van der Waals surface area contributed by atoms with Gasteiger partial charge in [-0.25, -0.2) is 0 Å². The molecule has 0 aromatic heterocycles. The second-order valence-corrected chi connectivity index (χ2v) is 2.67. The minimum Gasteiger partial charge on any atom is -0.374 e. The Labute approximate surface area is 68.7 Å². The standard InChI is InChI=1S/C10H15N/c1-3-10-7-5-6-8-11(4-2)9-10/h3,6-8H,1,4-5,9H2,2H3. The van der Waals surface area contributed by atoms with Gasteiger partial charge in [-0.1, -0.05) is 24.8 Å². The minimum atomic E-state index is 1.01. The largest absolute Gasteiger partial charge is 0.374 e. The van der Waals surface area contributed by atoms with Gasteiger partial charge in [0, 0.05) is 13.1 Å². The van der Waals surface area contributed by atoms with Crippen LogP contribution in [-0.4, -0.2) is 18.0 Å². The van der Waals surface area contributed by atoms with Crippen LogP contribution >= 0.6 is 0 Å². The molecule has 0 amide bonds. The summed E-state index contributed by atoms with van der Waals surface area (Å²) in [6.45, 7) is 8.02. The van der Waals surface area contributed by atoms with Crippen LogP contribution in [0, 0.1) is 0 Å². The molecule has 0 bridgehead atoms. The van der Waals surface area contributed by atoms with Gasteiger partial charge in [0.15, 0.2) is 0 Å². The Bertz CT molecular complexity index is 189. The molecule has 1 heterocycles. The van der Waals surface area contributed by atoms with Crippen molar-refractivity contribution in [3.05, 3.63) is 36.6 Å². The summed E-state index contributed by atoms with van der Waals surface area (Å²) in [4.78, 5) is 2.28. The summed E-state index contributed by atoms with van der Waals surface area (Å²) >= 11 is 0. The summed E-state index contributed by atoms with van der Waals surface area (Å²) in [5, 5.41) is 0. The second-order valence-electron chi connectivity index (χ2n) is 2.67. The van der Waals surface area contributed by atoms with Gasteiger partial charge < -0.3 is 4.90 Å². The molecule has 0 atom stereocenters.